The summed E-state index contributed by atoms with van der Waals surface area (Å²) < 4.78 is 1.17. The fourth-order valence-electron chi connectivity index (χ4n) is 1.62. The summed E-state index contributed by atoms with van der Waals surface area (Å²) in [6.45, 7) is 5.66. The van der Waals surface area contributed by atoms with Crippen molar-refractivity contribution < 1.29 is 14.8 Å². The van der Waals surface area contributed by atoms with Gasteiger partial charge in [-0.3, -0.25) is 14.8 Å². The van der Waals surface area contributed by atoms with Gasteiger partial charge in [-0.1, -0.05) is 13.8 Å². The first kappa shape index (κ1) is 13.1. The number of carboxylic acid groups (broad SMARTS) is 1. The minimum absolute atomic E-state index is 0.138. The monoisotopic (exact) mass is 241 g/mol. The zero-order chi connectivity index (χ0) is 13.2. The van der Waals surface area contributed by atoms with Crippen LogP contribution in [-0.2, 0) is 6.54 Å². The van der Waals surface area contributed by atoms with Gasteiger partial charge in [0.25, 0.3) is 0 Å². The summed E-state index contributed by atoms with van der Waals surface area (Å²) in [6.07, 6.45) is 0.667. The van der Waals surface area contributed by atoms with Gasteiger partial charge in [-0.15, -0.1) is 0 Å². The zero-order valence-corrected chi connectivity index (χ0v) is 10.0. The van der Waals surface area contributed by atoms with Crippen molar-refractivity contribution in [3.05, 3.63) is 21.5 Å². The fraction of sp³-hybridized carbons (Fsp3) is 0.600. The van der Waals surface area contributed by atoms with E-state index in [1.807, 2.05) is 6.92 Å². The van der Waals surface area contributed by atoms with Gasteiger partial charge in [0.15, 0.2) is 0 Å². The van der Waals surface area contributed by atoms with Crippen LogP contribution >= 0.6 is 0 Å². The van der Waals surface area contributed by atoms with Crippen molar-refractivity contribution in [2.45, 2.75) is 39.7 Å². The molecule has 0 saturated carbocycles. The highest BCUT2D eigenvalue weighted by atomic mass is 16.6. The largest absolute Gasteiger partial charge is 0.476 e. The molecule has 0 fully saturated rings. The summed E-state index contributed by atoms with van der Waals surface area (Å²) in [5, 5.41) is 24.1. The Bertz CT molecular complexity index is 453. The quantitative estimate of drug-likeness (QED) is 0.628. The number of aromatic carboxylic acids is 1. The van der Waals surface area contributed by atoms with E-state index < -0.39 is 10.9 Å². The molecule has 7 heteroatoms. The van der Waals surface area contributed by atoms with Crippen LogP contribution in [0, 0.1) is 10.1 Å². The van der Waals surface area contributed by atoms with E-state index in [-0.39, 0.29) is 23.0 Å². The number of nitro groups is 1. The number of aromatic nitrogens is 2. The van der Waals surface area contributed by atoms with Crippen molar-refractivity contribution in [2.24, 2.45) is 0 Å². The van der Waals surface area contributed by atoms with Crippen LogP contribution in [0.15, 0.2) is 0 Å². The Morgan fingerprint density at radius 3 is 2.53 bits per heavy atom. The molecule has 1 aromatic rings. The van der Waals surface area contributed by atoms with E-state index in [1.54, 1.807) is 13.8 Å². The van der Waals surface area contributed by atoms with Crippen molar-refractivity contribution in [2.75, 3.05) is 0 Å². The number of hydrogen-bond acceptors (Lipinski definition) is 4. The highest BCUT2D eigenvalue weighted by molar-refractivity contribution is 5.91. The number of aryl methyl sites for hydroxylation is 1. The lowest BCUT2D eigenvalue weighted by Crippen LogP contribution is -2.10. The van der Waals surface area contributed by atoms with Crippen LogP contribution in [0.1, 0.15) is 49.3 Å². The Labute approximate surface area is 98.2 Å². The minimum atomic E-state index is -1.32. The first-order valence-electron chi connectivity index (χ1n) is 5.42. The molecule has 1 heterocycles. The molecule has 0 aliphatic heterocycles. The van der Waals surface area contributed by atoms with Crippen molar-refractivity contribution in [3.8, 4) is 0 Å². The average molecular weight is 241 g/mol. The summed E-state index contributed by atoms with van der Waals surface area (Å²) in [5.41, 5.74) is -0.474. The molecule has 0 aromatic carbocycles. The maximum absolute atomic E-state index is 11.1. The summed E-state index contributed by atoms with van der Waals surface area (Å²) in [7, 11) is 0. The molecular weight excluding hydrogens is 226 g/mol. The Balaban J connectivity index is 3.51. The SMILES string of the molecule is CCC(C)c1nn(CC)c(C(=O)O)c1[N+](=O)[O-]. The maximum atomic E-state index is 11.1. The van der Waals surface area contributed by atoms with Crippen molar-refractivity contribution >= 4 is 11.7 Å². The smallest absolute Gasteiger partial charge is 0.361 e. The highest BCUT2D eigenvalue weighted by Crippen LogP contribution is 2.31. The van der Waals surface area contributed by atoms with E-state index >= 15 is 0 Å². The first-order chi connectivity index (χ1) is 7.93. The van der Waals surface area contributed by atoms with Crippen molar-refractivity contribution in [1.82, 2.24) is 9.78 Å². The van der Waals surface area contributed by atoms with Gasteiger partial charge in [0, 0.05) is 12.5 Å². The number of rotatable bonds is 5. The lowest BCUT2D eigenvalue weighted by Gasteiger charge is -2.02. The van der Waals surface area contributed by atoms with Gasteiger partial charge in [0.2, 0.25) is 5.69 Å². The maximum Gasteiger partial charge on any atom is 0.361 e. The molecule has 1 N–H and O–H groups in total. The average Bonchev–Trinajstić information content (AvgIpc) is 2.67. The summed E-state index contributed by atoms with van der Waals surface area (Å²) in [5.74, 6) is -1.46. The second-order valence-electron chi connectivity index (χ2n) is 3.77. The molecule has 94 valence electrons. The lowest BCUT2D eigenvalue weighted by molar-refractivity contribution is -0.386. The van der Waals surface area contributed by atoms with Gasteiger partial charge in [-0.05, 0) is 13.3 Å². The van der Waals surface area contributed by atoms with Crippen LogP contribution < -0.4 is 0 Å². The Hall–Kier alpha value is -1.92. The molecule has 1 rings (SSSR count). The third-order valence-electron chi connectivity index (χ3n) is 2.72. The topological polar surface area (TPSA) is 98.3 Å². The van der Waals surface area contributed by atoms with E-state index in [1.165, 1.54) is 4.68 Å². The van der Waals surface area contributed by atoms with Crippen molar-refractivity contribution in [3.63, 3.8) is 0 Å². The van der Waals surface area contributed by atoms with Gasteiger partial charge in [0.05, 0.1) is 4.92 Å². The second-order valence-corrected chi connectivity index (χ2v) is 3.77. The summed E-state index contributed by atoms with van der Waals surface area (Å²) >= 11 is 0. The molecule has 1 atom stereocenters. The van der Waals surface area contributed by atoms with Gasteiger partial charge >= 0.3 is 11.7 Å². The van der Waals surface area contributed by atoms with Gasteiger partial charge < -0.3 is 5.11 Å². The predicted molar refractivity (Wildman–Crippen MR) is 60.2 cm³/mol. The standard InChI is InChI=1S/C10H15N3O4/c1-4-6(3)7-8(13(16)17)9(10(14)15)12(5-2)11-7/h6H,4-5H2,1-3H3,(H,14,15). The van der Waals surface area contributed by atoms with Crippen molar-refractivity contribution in [1.29, 1.82) is 0 Å². The molecule has 0 radical (unpaired) electrons. The molecule has 1 unspecified atom stereocenters. The molecule has 0 amide bonds. The van der Waals surface area contributed by atoms with Crippen LogP contribution in [-0.4, -0.2) is 25.8 Å². The molecule has 0 saturated heterocycles. The first-order valence-corrected chi connectivity index (χ1v) is 5.42. The van der Waals surface area contributed by atoms with Crippen LogP contribution in [0.3, 0.4) is 0 Å². The van der Waals surface area contributed by atoms with Crippen LogP contribution in [0.5, 0.6) is 0 Å². The molecule has 17 heavy (non-hydrogen) atoms. The van der Waals surface area contributed by atoms with E-state index in [9.17, 15) is 14.9 Å². The van der Waals surface area contributed by atoms with Crippen LogP contribution in [0.25, 0.3) is 0 Å². The van der Waals surface area contributed by atoms with Gasteiger partial charge in [0.1, 0.15) is 5.69 Å². The lowest BCUT2D eigenvalue weighted by atomic mass is 10.0. The third-order valence-corrected chi connectivity index (χ3v) is 2.72. The molecule has 0 aliphatic rings. The summed E-state index contributed by atoms with van der Waals surface area (Å²) in [4.78, 5) is 21.4. The van der Waals surface area contributed by atoms with E-state index in [4.69, 9.17) is 5.11 Å². The Morgan fingerprint density at radius 2 is 2.18 bits per heavy atom. The van der Waals surface area contributed by atoms with Crippen LogP contribution in [0.4, 0.5) is 5.69 Å². The molecule has 1 aromatic heterocycles. The molecule has 0 spiro atoms. The minimum Gasteiger partial charge on any atom is -0.476 e. The Kier molecular flexibility index (Phi) is 3.82. The number of hydrogen-bond donors (Lipinski definition) is 1. The zero-order valence-electron chi connectivity index (χ0n) is 10.0. The molecule has 0 aliphatic carbocycles. The number of nitrogens with zero attached hydrogens (tertiary/aromatic N) is 3. The second kappa shape index (κ2) is 4.94. The van der Waals surface area contributed by atoms with Gasteiger partial charge in [-0.25, -0.2) is 4.79 Å². The highest BCUT2D eigenvalue weighted by Gasteiger charge is 2.33. The third kappa shape index (κ3) is 2.27. The van der Waals surface area contributed by atoms with Crippen LogP contribution in [0.2, 0.25) is 0 Å². The van der Waals surface area contributed by atoms with E-state index in [0.29, 0.717) is 13.0 Å². The Morgan fingerprint density at radius 1 is 1.59 bits per heavy atom. The normalized spacial score (nSPS) is 12.4. The van der Waals surface area contributed by atoms with E-state index in [0.717, 1.165) is 0 Å². The summed E-state index contributed by atoms with van der Waals surface area (Å²) in [6, 6.07) is 0. The molecule has 0 bridgehead atoms. The fourth-order valence-corrected chi connectivity index (χ4v) is 1.62. The van der Waals surface area contributed by atoms with Gasteiger partial charge in [-0.2, -0.15) is 5.10 Å². The molecular formula is C10H15N3O4. The molecule has 7 nitrogen and oxygen atoms in total. The number of carboxylic acids is 1. The predicted octanol–water partition coefficient (Wildman–Crippen LogP) is 2.02. The van der Waals surface area contributed by atoms with E-state index in [2.05, 4.69) is 5.10 Å². The number of carbonyl (C=O) groups is 1.